The largest absolute Gasteiger partial charge is 0.468 e. The molecule has 4 atom stereocenters. The van der Waals surface area contributed by atoms with Crippen molar-refractivity contribution in [2.75, 3.05) is 20.2 Å². The van der Waals surface area contributed by atoms with Gasteiger partial charge in [0.1, 0.15) is 5.41 Å². The van der Waals surface area contributed by atoms with Gasteiger partial charge in [-0.15, -0.1) is 0 Å². The monoisotopic (exact) mass is 516 g/mol. The third kappa shape index (κ3) is 6.65. The predicted molar refractivity (Wildman–Crippen MR) is 144 cm³/mol. The fraction of sp³-hybridized carbons (Fsp3) is 0.767. The Labute approximate surface area is 223 Å². The number of methoxy groups -OCH3 is 1. The van der Waals surface area contributed by atoms with Crippen LogP contribution in [0.25, 0.3) is 0 Å². The van der Waals surface area contributed by atoms with Crippen LogP contribution in [-0.4, -0.2) is 55.1 Å². The van der Waals surface area contributed by atoms with Crippen LogP contribution in [0.2, 0.25) is 0 Å². The lowest BCUT2D eigenvalue weighted by atomic mass is 9.65. The van der Waals surface area contributed by atoms with Crippen LogP contribution in [0.5, 0.6) is 0 Å². The third-order valence-electron chi connectivity index (χ3n) is 8.21. The maximum absolute atomic E-state index is 14.0. The highest BCUT2D eigenvalue weighted by Gasteiger charge is 2.60. The predicted octanol–water partition coefficient (Wildman–Crippen LogP) is 5.15. The molecule has 7 heteroatoms. The standard InChI is InChI=1S/C30H48N2O5/c1-20(2)13-15-31-26(33)17-23-19-30(28(35)36-7)21(3)37-25(29(4,5)6)18-24(30)32(27(23)34)16-14-22-11-9-8-10-12-22/h11,18,20-21,23,25H,8-10,12-17,19H2,1-7H3,(H,31,33)/t21-,23+,25-,30+/m1/s1. The highest BCUT2D eigenvalue weighted by atomic mass is 16.5. The van der Waals surface area contributed by atoms with Crippen LogP contribution in [0.1, 0.15) is 92.9 Å². The van der Waals surface area contributed by atoms with E-state index < -0.39 is 23.4 Å². The molecule has 2 aliphatic heterocycles. The summed E-state index contributed by atoms with van der Waals surface area (Å²) < 4.78 is 11.8. The molecule has 2 heterocycles. The first-order valence-corrected chi connectivity index (χ1v) is 14.1. The molecule has 3 rings (SSSR count). The summed E-state index contributed by atoms with van der Waals surface area (Å²) >= 11 is 0. The van der Waals surface area contributed by atoms with Gasteiger partial charge in [-0.1, -0.05) is 46.3 Å². The molecule has 0 aromatic heterocycles. The number of allylic oxidation sites excluding steroid dienone is 1. The van der Waals surface area contributed by atoms with Crippen molar-refractivity contribution in [1.29, 1.82) is 0 Å². The Morgan fingerprint density at radius 3 is 2.59 bits per heavy atom. The van der Waals surface area contributed by atoms with Crippen molar-refractivity contribution in [3.63, 3.8) is 0 Å². The second-order valence-corrected chi connectivity index (χ2v) is 12.6. The Morgan fingerprint density at radius 1 is 1.27 bits per heavy atom. The van der Waals surface area contributed by atoms with Crippen molar-refractivity contribution < 1.29 is 23.9 Å². The van der Waals surface area contributed by atoms with E-state index in [0.29, 0.717) is 24.7 Å². The van der Waals surface area contributed by atoms with Crippen molar-refractivity contribution in [3.8, 4) is 0 Å². The minimum Gasteiger partial charge on any atom is -0.468 e. The molecule has 0 aromatic rings. The summed E-state index contributed by atoms with van der Waals surface area (Å²) in [6.07, 6.45) is 9.93. The van der Waals surface area contributed by atoms with Crippen LogP contribution >= 0.6 is 0 Å². The number of piperidine rings is 1. The SMILES string of the molecule is COC(=O)[C@]12C[C@H](CC(=O)NCCC(C)C)C(=O)N(CCC3=CCCCC3)C1=C[C@H](C(C)(C)C)O[C@@H]2C. The van der Waals surface area contributed by atoms with Crippen LogP contribution in [0, 0.1) is 22.7 Å². The fourth-order valence-electron chi connectivity index (χ4n) is 5.86. The van der Waals surface area contributed by atoms with E-state index in [0.717, 1.165) is 25.7 Å². The topological polar surface area (TPSA) is 84.9 Å². The Bertz CT molecular complexity index is 915. The minimum atomic E-state index is -1.13. The summed E-state index contributed by atoms with van der Waals surface area (Å²) in [6, 6.07) is 0. The third-order valence-corrected chi connectivity index (χ3v) is 8.21. The van der Waals surface area contributed by atoms with Crippen LogP contribution in [0.15, 0.2) is 23.4 Å². The van der Waals surface area contributed by atoms with Gasteiger partial charge in [0.05, 0.1) is 19.3 Å². The molecule has 0 radical (unpaired) electrons. The number of rotatable bonds is 9. The zero-order chi connectivity index (χ0) is 27.4. The molecular weight excluding hydrogens is 468 g/mol. The number of nitrogens with zero attached hydrogens (tertiary/aromatic N) is 1. The summed E-state index contributed by atoms with van der Waals surface area (Å²) in [6.45, 7) is 13.5. The summed E-state index contributed by atoms with van der Waals surface area (Å²) in [5.74, 6) is -0.778. The molecule has 0 bridgehead atoms. The van der Waals surface area contributed by atoms with Gasteiger partial charge in [0.15, 0.2) is 0 Å². The zero-order valence-corrected chi connectivity index (χ0v) is 24.0. The van der Waals surface area contributed by atoms with Gasteiger partial charge in [0, 0.05) is 31.1 Å². The van der Waals surface area contributed by atoms with Crippen LogP contribution < -0.4 is 5.32 Å². The molecule has 1 aliphatic carbocycles. The molecule has 1 saturated heterocycles. The van der Waals surface area contributed by atoms with Crippen molar-refractivity contribution in [2.24, 2.45) is 22.7 Å². The molecule has 1 N–H and O–H groups in total. The number of nitrogens with one attached hydrogen (secondary N) is 1. The lowest BCUT2D eigenvalue weighted by Gasteiger charge is -2.53. The van der Waals surface area contributed by atoms with Gasteiger partial charge in [0.25, 0.3) is 0 Å². The summed E-state index contributed by atoms with van der Waals surface area (Å²) in [5.41, 5.74) is 0.714. The highest BCUT2D eigenvalue weighted by Crippen LogP contribution is 2.52. The molecule has 0 saturated carbocycles. The van der Waals surface area contributed by atoms with Gasteiger partial charge >= 0.3 is 5.97 Å². The van der Waals surface area contributed by atoms with Crippen LogP contribution in [0.3, 0.4) is 0 Å². The molecule has 3 aliphatic rings. The van der Waals surface area contributed by atoms with Crippen molar-refractivity contribution >= 4 is 17.8 Å². The van der Waals surface area contributed by atoms with Gasteiger partial charge in [-0.2, -0.15) is 0 Å². The second kappa shape index (κ2) is 12.1. The Morgan fingerprint density at radius 2 is 2.00 bits per heavy atom. The number of carbonyl (C=O) groups excluding carboxylic acids is 3. The van der Waals surface area contributed by atoms with E-state index in [1.807, 2.05) is 13.0 Å². The first-order valence-electron chi connectivity index (χ1n) is 14.1. The van der Waals surface area contributed by atoms with Gasteiger partial charge < -0.3 is 19.7 Å². The van der Waals surface area contributed by atoms with Gasteiger partial charge in [0.2, 0.25) is 11.8 Å². The van der Waals surface area contributed by atoms with E-state index in [-0.39, 0.29) is 36.2 Å². The normalized spacial score (nSPS) is 28.4. The van der Waals surface area contributed by atoms with E-state index >= 15 is 0 Å². The molecule has 0 aromatic carbocycles. The summed E-state index contributed by atoms with van der Waals surface area (Å²) in [5, 5.41) is 2.97. The van der Waals surface area contributed by atoms with E-state index in [2.05, 4.69) is 46.0 Å². The zero-order valence-electron chi connectivity index (χ0n) is 24.0. The average molecular weight is 517 g/mol. The van der Waals surface area contributed by atoms with Gasteiger partial charge in [-0.05, 0) is 69.3 Å². The fourth-order valence-corrected chi connectivity index (χ4v) is 5.86. The molecular formula is C30H48N2O5. The Balaban J connectivity index is 1.98. The summed E-state index contributed by atoms with van der Waals surface area (Å²) in [7, 11) is 1.39. The molecule has 7 nitrogen and oxygen atoms in total. The van der Waals surface area contributed by atoms with E-state index in [1.54, 1.807) is 4.90 Å². The molecule has 0 unspecified atom stereocenters. The van der Waals surface area contributed by atoms with E-state index in [9.17, 15) is 14.4 Å². The summed E-state index contributed by atoms with van der Waals surface area (Å²) in [4.78, 5) is 42.2. The molecule has 37 heavy (non-hydrogen) atoms. The number of amides is 2. The number of likely N-dealkylation sites (tertiary alicyclic amines) is 1. The molecule has 2 amide bonds. The van der Waals surface area contributed by atoms with Crippen LogP contribution in [-0.2, 0) is 23.9 Å². The number of hydrogen-bond donors (Lipinski definition) is 1. The van der Waals surface area contributed by atoms with E-state index in [4.69, 9.17) is 9.47 Å². The number of hydrogen-bond acceptors (Lipinski definition) is 5. The maximum Gasteiger partial charge on any atom is 0.320 e. The molecule has 208 valence electrons. The molecule has 1 fully saturated rings. The van der Waals surface area contributed by atoms with E-state index in [1.165, 1.54) is 25.5 Å². The number of esters is 1. The highest BCUT2D eigenvalue weighted by molar-refractivity contribution is 5.92. The smallest absolute Gasteiger partial charge is 0.320 e. The molecule has 0 spiro atoms. The van der Waals surface area contributed by atoms with Crippen molar-refractivity contribution in [3.05, 3.63) is 23.4 Å². The average Bonchev–Trinajstić information content (AvgIpc) is 2.83. The number of carbonyl (C=O) groups is 3. The van der Waals surface area contributed by atoms with Gasteiger partial charge in [-0.25, -0.2) is 0 Å². The lowest BCUT2D eigenvalue weighted by molar-refractivity contribution is -0.180. The van der Waals surface area contributed by atoms with Crippen molar-refractivity contribution in [1.82, 2.24) is 10.2 Å². The first-order chi connectivity index (χ1) is 17.4. The Hall–Kier alpha value is -2.15. The van der Waals surface area contributed by atoms with Crippen LogP contribution in [0.4, 0.5) is 0 Å². The minimum absolute atomic E-state index is 0.0531. The van der Waals surface area contributed by atoms with Crippen molar-refractivity contribution in [2.45, 2.75) is 105 Å². The Kier molecular flexibility index (Phi) is 9.65. The lowest BCUT2D eigenvalue weighted by Crippen LogP contribution is -2.61. The second-order valence-electron chi connectivity index (χ2n) is 12.6. The maximum atomic E-state index is 14.0. The first kappa shape index (κ1) is 29.4. The number of ether oxygens (including phenoxy) is 2. The number of fused-ring (bicyclic) bond motifs is 1. The van der Waals surface area contributed by atoms with Gasteiger partial charge in [-0.3, -0.25) is 14.4 Å². The quantitative estimate of drug-likeness (QED) is 0.338.